The predicted octanol–water partition coefficient (Wildman–Crippen LogP) is 0.355. The molecule has 2 amide bonds. The lowest BCUT2D eigenvalue weighted by Gasteiger charge is -2.47. The second kappa shape index (κ2) is 39.8. The van der Waals surface area contributed by atoms with Crippen LogP contribution in [-0.4, -0.2) is 240 Å². The van der Waals surface area contributed by atoms with Crippen LogP contribution < -0.4 is 11.1 Å². The van der Waals surface area contributed by atoms with Crippen LogP contribution in [0.5, 0.6) is 0 Å². The molecule has 4 fully saturated rings. The highest BCUT2D eigenvalue weighted by Crippen LogP contribution is 2.37. The molecule has 4 aliphatic rings. The first-order valence-electron chi connectivity index (χ1n) is 27.0. The number of esters is 1. The van der Waals surface area contributed by atoms with Gasteiger partial charge in [0, 0.05) is 56.8 Å². The number of amides is 2. The van der Waals surface area contributed by atoms with Crippen molar-refractivity contribution in [1.29, 1.82) is 0 Å². The predicted molar refractivity (Wildman–Crippen MR) is 307 cm³/mol. The summed E-state index contributed by atoms with van der Waals surface area (Å²) in [5.74, 6) is -1.44. The summed E-state index contributed by atoms with van der Waals surface area (Å²) in [6.07, 6.45) is -2.84. The highest BCUT2D eigenvalue weighted by atomic mass is 32.2. The van der Waals surface area contributed by atoms with Gasteiger partial charge in [0.2, 0.25) is 20.1 Å². The van der Waals surface area contributed by atoms with Crippen molar-refractivity contribution in [2.75, 3.05) is 52.6 Å². The molecule has 490 valence electrons. The molecule has 0 radical (unpaired) electrons. The van der Waals surface area contributed by atoms with Gasteiger partial charge in [-0.3, -0.25) is 19.7 Å². The minimum Gasteiger partial charge on any atom is -0.463 e. The summed E-state index contributed by atoms with van der Waals surface area (Å²) in [5.41, 5.74) is -0.402. The van der Waals surface area contributed by atoms with Gasteiger partial charge < -0.3 is 94.2 Å². The van der Waals surface area contributed by atoms with Gasteiger partial charge in [0.05, 0.1) is 44.2 Å². The fourth-order valence-electron chi connectivity index (χ4n) is 8.29. The zero-order valence-electron chi connectivity index (χ0n) is 49.9. The topological polar surface area (TPSA) is 388 Å². The molecule has 0 aliphatic carbocycles. The average Bonchev–Trinajstić information content (AvgIpc) is 3.45. The molecule has 0 bridgehead atoms. The van der Waals surface area contributed by atoms with Crippen LogP contribution in [0.15, 0.2) is 75.9 Å². The van der Waals surface area contributed by atoms with Crippen molar-refractivity contribution in [3.63, 3.8) is 0 Å². The Labute approximate surface area is 493 Å². The maximum absolute atomic E-state index is 12.1. The highest BCUT2D eigenvalue weighted by Gasteiger charge is 2.50. The molecule has 0 aromatic carbocycles. The van der Waals surface area contributed by atoms with Crippen molar-refractivity contribution in [3.8, 4) is 0 Å². The summed E-state index contributed by atoms with van der Waals surface area (Å²) in [4.78, 5) is 37.9. The molecule has 0 aromatic rings. The van der Waals surface area contributed by atoms with Gasteiger partial charge in [-0.05, 0) is 43.6 Å². The maximum atomic E-state index is 12.1. The average molecular weight is 1260 g/mol. The summed E-state index contributed by atoms with van der Waals surface area (Å²) in [6, 6.07) is 0. The summed E-state index contributed by atoms with van der Waals surface area (Å²) < 4.78 is 86.7. The molecule has 30 heteroatoms. The van der Waals surface area contributed by atoms with E-state index in [1.807, 2.05) is 0 Å². The van der Waals surface area contributed by atoms with Crippen molar-refractivity contribution in [1.82, 2.24) is 15.1 Å². The first-order chi connectivity index (χ1) is 38.9. The van der Waals surface area contributed by atoms with E-state index in [0.717, 1.165) is 6.08 Å². The third-order valence-electron chi connectivity index (χ3n) is 13.6. The van der Waals surface area contributed by atoms with E-state index in [9.17, 15) is 66.6 Å². The van der Waals surface area contributed by atoms with Gasteiger partial charge in [-0.2, -0.15) is 21.6 Å². The van der Waals surface area contributed by atoms with E-state index in [1.165, 1.54) is 43.6 Å². The van der Waals surface area contributed by atoms with Gasteiger partial charge in [0.1, 0.15) is 61.9 Å². The van der Waals surface area contributed by atoms with Crippen LogP contribution >= 0.6 is 0 Å². The molecule has 0 saturated carbocycles. The quantitative estimate of drug-likeness (QED) is 0.0273. The van der Waals surface area contributed by atoms with E-state index >= 15 is 0 Å². The molecule has 25 nitrogen and oxygen atoms in total. The fourth-order valence-corrected chi connectivity index (χ4v) is 11.3. The molecule has 4 saturated heterocycles. The minimum atomic E-state index is -5.39. The van der Waals surface area contributed by atoms with Crippen LogP contribution in [0.4, 0.5) is 13.2 Å². The summed E-state index contributed by atoms with van der Waals surface area (Å²) >= 11 is 0. The van der Waals surface area contributed by atoms with Gasteiger partial charge >= 0.3 is 21.6 Å². The fraction of sp³-hybridized carbons (Fsp3) is 0.722. The van der Waals surface area contributed by atoms with Crippen molar-refractivity contribution >= 4 is 36.2 Å². The second-order valence-corrected chi connectivity index (χ2v) is 27.3. The van der Waals surface area contributed by atoms with Crippen molar-refractivity contribution in [2.24, 2.45) is 41.2 Å². The molecule has 13 N–H and O–H groups in total. The van der Waals surface area contributed by atoms with Gasteiger partial charge in [0.25, 0.3) is 0 Å². The first kappa shape index (κ1) is 82.2. The molecule has 84 heavy (non-hydrogen) atoms. The molecule has 4 rings (SSSR count). The van der Waals surface area contributed by atoms with Gasteiger partial charge in [-0.25, -0.2) is 0 Å². The maximum Gasteiger partial charge on any atom is 0.522 e. The monoisotopic (exact) mass is 1250 g/mol. The highest BCUT2D eigenvalue weighted by molar-refractivity contribution is 7.88. The Hall–Kier alpha value is -3.87. The summed E-state index contributed by atoms with van der Waals surface area (Å²) in [7, 11) is -8.10. The number of nitrogens with one attached hydrogen (secondary N) is 1. The van der Waals surface area contributed by atoms with E-state index in [0.29, 0.717) is 25.6 Å². The van der Waals surface area contributed by atoms with E-state index in [1.54, 1.807) is 43.9 Å². The standard InChI is InChI=1S/C17H27NO4.C13H21NO5.C10H19NO4.C7H14O5.C4H9F3O3SSi.C3H7N/c1-7-9-18(16(20)8-2)17-13(5)11(3)12(4)15(22-17)10-21-14(6)19;1-4-6-14(10(16)5-2)13-8(3)11(17)12(18)9(7-15)19-13;1-3-4-11-10-6(2)8(13)9(14)7(5-12)15-10;1-3-5(9)6(10)4(2-8)12-7(3)11;1-12(2,3)10-11(8,9)4(5,6)7;1-2-3-4/h7-8,11-13,15,17H,1-2,9-10H2,3-6H3;4-5,8-9,11-13,15,17-18H,1-2,6-7H2,3H3;3,6-14H,1,4-5H2,2H3;3-11H,2H2,1H3;1-3H3;2H,1,3-4H2/t11-,12-,13?,15?,17?;8?,9?,11-,12-,13?;6?,7?,8-,9-,10?;3?,4?,5-,6-,7?;;/m0111../s1. The Kier molecular flexibility index (Phi) is 39.0. The molecule has 4 heterocycles. The molecule has 12 unspecified atom stereocenters. The third-order valence-corrected chi connectivity index (χ3v) is 17.0. The molecule has 0 spiro atoms. The second-order valence-electron chi connectivity index (χ2n) is 21.0. The lowest BCUT2D eigenvalue weighted by molar-refractivity contribution is -0.266. The largest absolute Gasteiger partial charge is 0.522 e. The number of hydrogen-bond acceptors (Lipinski definition) is 23. The van der Waals surface area contributed by atoms with E-state index in [2.05, 4.69) is 69.4 Å². The normalized spacial score (nSPS) is 32.9. The van der Waals surface area contributed by atoms with Crippen LogP contribution in [-0.2, 0) is 52.1 Å². The number of nitrogens with zero attached hydrogens (tertiary/aromatic N) is 2. The Balaban J connectivity index is 0. The zero-order chi connectivity index (χ0) is 65.8. The number of rotatable bonds is 19. The van der Waals surface area contributed by atoms with E-state index < -0.39 is 116 Å². The lowest BCUT2D eigenvalue weighted by Crippen LogP contribution is -2.60. The number of ether oxygens (including phenoxy) is 5. The molecule has 20 atom stereocenters. The number of carbonyl (C=O) groups excluding carboxylic acids is 3. The SMILES string of the molecule is C=CCN.C=CCN(C(=O)C=C)C1OC(CO)[C@@H](O)[C@H](O)C1C.C=CCN(C(=O)C=C)C1OC(COC(C)=O)[C@@H](C)[C@H](C)C1C.C=CCNC1OC(CO)[C@@H](O)[C@H](O)C1C.CC1C(O)OC(CO)[C@@H](O)[C@@H]1O.C[Si](C)(C)OS(=O)(=O)C(F)(F)F. The van der Waals surface area contributed by atoms with Crippen LogP contribution in [0, 0.1) is 35.5 Å². The number of aliphatic hydroxyl groups is 10. The van der Waals surface area contributed by atoms with Gasteiger partial charge in [-0.15, -0.1) is 26.3 Å². The molecule has 4 aliphatic heterocycles. The lowest BCUT2D eigenvalue weighted by atomic mass is 9.78. The minimum absolute atomic E-state index is 0.160. The van der Waals surface area contributed by atoms with Crippen molar-refractivity contribution in [2.45, 2.75) is 160 Å². The Morgan fingerprint density at radius 2 is 0.988 bits per heavy atom. The van der Waals surface area contributed by atoms with Crippen LogP contribution in [0.2, 0.25) is 19.6 Å². The van der Waals surface area contributed by atoms with Crippen LogP contribution in [0.1, 0.15) is 48.5 Å². The Bertz CT molecular complexity index is 2110. The van der Waals surface area contributed by atoms with Crippen molar-refractivity contribution < 1.29 is 115 Å². The van der Waals surface area contributed by atoms with E-state index in [-0.39, 0.29) is 73.9 Å². The third kappa shape index (κ3) is 26.2. The number of alkyl halides is 3. The number of carbonyl (C=O) groups is 3. The first-order valence-corrected chi connectivity index (χ1v) is 31.8. The van der Waals surface area contributed by atoms with Crippen LogP contribution in [0.3, 0.4) is 0 Å². The van der Waals surface area contributed by atoms with Crippen LogP contribution in [0.25, 0.3) is 0 Å². The molecule has 0 aromatic heterocycles. The molecular weight excluding hydrogens is 1160 g/mol. The number of nitrogens with two attached hydrogens (primary N) is 1. The number of halogens is 3. The number of aliphatic hydroxyl groups excluding tert-OH is 10. The summed E-state index contributed by atoms with van der Waals surface area (Å²) in [6.45, 7) is 38.7. The number of hydrogen-bond donors (Lipinski definition) is 12. The zero-order valence-corrected chi connectivity index (χ0v) is 51.7. The molecular formula is C54H97F3N4O21SSi. The van der Waals surface area contributed by atoms with Crippen molar-refractivity contribution in [3.05, 3.63) is 75.9 Å². The Morgan fingerprint density at radius 1 is 0.595 bits per heavy atom. The van der Waals surface area contributed by atoms with Gasteiger partial charge in [0.15, 0.2) is 6.29 Å². The van der Waals surface area contributed by atoms with E-state index in [4.69, 9.17) is 49.8 Å². The van der Waals surface area contributed by atoms with Gasteiger partial charge in [-0.1, -0.05) is 79.0 Å². The Morgan fingerprint density at radius 3 is 1.35 bits per heavy atom. The summed E-state index contributed by atoms with van der Waals surface area (Å²) in [5, 5.41) is 96.6. The smallest absolute Gasteiger partial charge is 0.463 e.